The van der Waals surface area contributed by atoms with E-state index in [2.05, 4.69) is 22.3 Å². The van der Waals surface area contributed by atoms with Gasteiger partial charge in [0.15, 0.2) is 0 Å². The van der Waals surface area contributed by atoms with Crippen LogP contribution < -0.4 is 10.1 Å². The van der Waals surface area contributed by atoms with Gasteiger partial charge in [-0.25, -0.2) is 4.79 Å². The van der Waals surface area contributed by atoms with Crippen LogP contribution in [0.5, 0.6) is 5.75 Å². The van der Waals surface area contributed by atoms with Gasteiger partial charge in [0, 0.05) is 38.3 Å². The fourth-order valence-corrected chi connectivity index (χ4v) is 4.92. The Labute approximate surface area is 202 Å². The number of aryl methyl sites for hydroxylation is 1. The number of likely N-dealkylation sites (tertiary alicyclic amines) is 1. The summed E-state index contributed by atoms with van der Waals surface area (Å²) >= 11 is 0. The predicted octanol–water partition coefficient (Wildman–Crippen LogP) is 3.70. The molecule has 7 heteroatoms. The maximum atomic E-state index is 13.1. The number of hydrogen-bond acceptors (Lipinski definition) is 4. The Morgan fingerprint density at radius 3 is 2.32 bits per heavy atom. The van der Waals surface area contributed by atoms with E-state index in [0.29, 0.717) is 38.3 Å². The molecule has 0 saturated carbocycles. The van der Waals surface area contributed by atoms with Crippen LogP contribution in [0.3, 0.4) is 0 Å². The first kappa shape index (κ1) is 24.1. The van der Waals surface area contributed by atoms with E-state index in [-0.39, 0.29) is 18.0 Å². The van der Waals surface area contributed by atoms with Gasteiger partial charge in [0.25, 0.3) is 5.91 Å². The molecule has 3 amide bonds. The summed E-state index contributed by atoms with van der Waals surface area (Å²) in [6, 6.07) is 15.9. The molecule has 1 atom stereocenters. The number of carbonyl (C=O) groups is 2. The summed E-state index contributed by atoms with van der Waals surface area (Å²) in [6.45, 7) is 7.06. The summed E-state index contributed by atoms with van der Waals surface area (Å²) in [7, 11) is 1.67. The quantitative estimate of drug-likeness (QED) is 0.708. The Morgan fingerprint density at radius 1 is 0.912 bits per heavy atom. The van der Waals surface area contributed by atoms with Crippen molar-refractivity contribution in [2.45, 2.75) is 32.2 Å². The molecular weight excluding hydrogens is 428 g/mol. The molecule has 2 aromatic rings. The monoisotopic (exact) mass is 464 g/mol. The minimum atomic E-state index is -0.0532. The number of nitrogens with zero attached hydrogens (tertiary/aromatic N) is 3. The first-order chi connectivity index (χ1) is 16.5. The minimum absolute atomic E-state index is 0.0413. The number of ether oxygens (including phenoxy) is 1. The first-order valence-corrected chi connectivity index (χ1v) is 12.3. The van der Waals surface area contributed by atoms with Crippen molar-refractivity contribution in [2.24, 2.45) is 0 Å². The molecule has 2 saturated heterocycles. The van der Waals surface area contributed by atoms with Crippen LogP contribution in [0.4, 0.5) is 4.79 Å². The number of nitrogens with one attached hydrogen (secondary N) is 1. The number of amides is 3. The van der Waals surface area contributed by atoms with E-state index in [1.54, 1.807) is 7.11 Å². The van der Waals surface area contributed by atoms with Gasteiger partial charge < -0.3 is 19.9 Å². The van der Waals surface area contributed by atoms with E-state index in [1.807, 2.05) is 53.1 Å². The Hall–Kier alpha value is -3.06. The summed E-state index contributed by atoms with van der Waals surface area (Å²) in [6.07, 6.45) is 3.16. The number of carbonyl (C=O) groups excluding carboxylic acids is 2. The van der Waals surface area contributed by atoms with Crippen LogP contribution in [0.15, 0.2) is 48.5 Å². The molecule has 2 aliphatic rings. The molecule has 182 valence electrons. The van der Waals surface area contributed by atoms with Gasteiger partial charge in [0.2, 0.25) is 0 Å². The zero-order valence-electron chi connectivity index (χ0n) is 20.3. The molecule has 2 aromatic carbocycles. The Morgan fingerprint density at radius 2 is 1.62 bits per heavy atom. The predicted molar refractivity (Wildman–Crippen MR) is 133 cm³/mol. The highest BCUT2D eigenvalue weighted by molar-refractivity contribution is 5.94. The van der Waals surface area contributed by atoms with Crippen LogP contribution in [0, 0.1) is 6.92 Å². The molecule has 0 aromatic heterocycles. The smallest absolute Gasteiger partial charge is 0.317 e. The van der Waals surface area contributed by atoms with E-state index in [1.165, 1.54) is 18.4 Å². The second kappa shape index (κ2) is 11.4. The normalized spacial score (nSPS) is 17.8. The number of urea groups is 1. The maximum Gasteiger partial charge on any atom is 0.317 e. The van der Waals surface area contributed by atoms with Crippen molar-refractivity contribution in [3.05, 3.63) is 65.2 Å². The molecule has 2 aliphatic heterocycles. The van der Waals surface area contributed by atoms with Crippen molar-refractivity contribution < 1.29 is 14.3 Å². The zero-order valence-corrected chi connectivity index (χ0v) is 20.3. The van der Waals surface area contributed by atoms with Crippen molar-refractivity contribution in [1.29, 1.82) is 0 Å². The van der Waals surface area contributed by atoms with Crippen molar-refractivity contribution in [2.75, 3.05) is 52.9 Å². The number of methoxy groups -OCH3 is 1. The number of rotatable bonds is 6. The van der Waals surface area contributed by atoms with Gasteiger partial charge >= 0.3 is 6.03 Å². The van der Waals surface area contributed by atoms with Crippen molar-refractivity contribution in [3.63, 3.8) is 0 Å². The molecule has 0 radical (unpaired) electrons. The van der Waals surface area contributed by atoms with Gasteiger partial charge in [-0.3, -0.25) is 9.69 Å². The van der Waals surface area contributed by atoms with E-state index < -0.39 is 0 Å². The molecular formula is C27H36N4O3. The third kappa shape index (κ3) is 5.89. The van der Waals surface area contributed by atoms with Gasteiger partial charge in [0.05, 0.1) is 13.2 Å². The third-order valence-electron chi connectivity index (χ3n) is 6.86. The Kier molecular flexibility index (Phi) is 8.06. The fourth-order valence-electron chi connectivity index (χ4n) is 4.92. The SMILES string of the molecule is COc1ccc(C(CNC(=O)N2CCCN(C(=O)c3cccc(C)c3)CC2)N2CCCC2)cc1. The molecule has 2 heterocycles. The van der Waals surface area contributed by atoms with Crippen LogP contribution in [-0.4, -0.2) is 79.6 Å². The summed E-state index contributed by atoms with van der Waals surface area (Å²) in [5.41, 5.74) is 2.98. The molecule has 4 rings (SSSR count). The van der Waals surface area contributed by atoms with Gasteiger partial charge in [-0.05, 0) is 69.1 Å². The van der Waals surface area contributed by atoms with E-state index in [0.717, 1.165) is 30.8 Å². The van der Waals surface area contributed by atoms with Gasteiger partial charge in [-0.2, -0.15) is 0 Å². The molecule has 34 heavy (non-hydrogen) atoms. The van der Waals surface area contributed by atoms with Gasteiger partial charge in [-0.1, -0.05) is 29.8 Å². The number of benzene rings is 2. The molecule has 2 fully saturated rings. The van der Waals surface area contributed by atoms with Crippen LogP contribution in [0.25, 0.3) is 0 Å². The Bertz CT molecular complexity index is 972. The van der Waals surface area contributed by atoms with Crippen molar-refractivity contribution in [1.82, 2.24) is 20.0 Å². The average Bonchev–Trinajstić information content (AvgIpc) is 3.27. The second-order valence-corrected chi connectivity index (χ2v) is 9.22. The molecule has 0 spiro atoms. The number of hydrogen-bond donors (Lipinski definition) is 1. The highest BCUT2D eigenvalue weighted by Gasteiger charge is 2.26. The average molecular weight is 465 g/mol. The van der Waals surface area contributed by atoms with E-state index in [4.69, 9.17) is 4.74 Å². The third-order valence-corrected chi connectivity index (χ3v) is 6.86. The zero-order chi connectivity index (χ0) is 23.9. The highest BCUT2D eigenvalue weighted by atomic mass is 16.5. The lowest BCUT2D eigenvalue weighted by molar-refractivity contribution is 0.0762. The molecule has 1 unspecified atom stereocenters. The fraction of sp³-hybridized carbons (Fsp3) is 0.481. The second-order valence-electron chi connectivity index (χ2n) is 9.22. The van der Waals surface area contributed by atoms with Crippen LogP contribution in [0.2, 0.25) is 0 Å². The highest BCUT2D eigenvalue weighted by Crippen LogP contribution is 2.26. The lowest BCUT2D eigenvalue weighted by Gasteiger charge is -2.30. The van der Waals surface area contributed by atoms with E-state index in [9.17, 15) is 9.59 Å². The molecule has 0 bridgehead atoms. The Balaban J connectivity index is 1.35. The summed E-state index contributed by atoms with van der Waals surface area (Å²) in [4.78, 5) is 32.2. The van der Waals surface area contributed by atoms with Crippen molar-refractivity contribution in [3.8, 4) is 5.75 Å². The molecule has 7 nitrogen and oxygen atoms in total. The molecule has 0 aliphatic carbocycles. The lowest BCUT2D eigenvalue weighted by Crippen LogP contribution is -2.45. The summed E-state index contributed by atoms with van der Waals surface area (Å²) in [5.74, 6) is 0.877. The minimum Gasteiger partial charge on any atom is -0.497 e. The van der Waals surface area contributed by atoms with Crippen LogP contribution >= 0.6 is 0 Å². The van der Waals surface area contributed by atoms with Gasteiger partial charge in [-0.15, -0.1) is 0 Å². The lowest BCUT2D eigenvalue weighted by atomic mass is 10.1. The summed E-state index contributed by atoms with van der Waals surface area (Å²) < 4.78 is 5.31. The first-order valence-electron chi connectivity index (χ1n) is 12.3. The van der Waals surface area contributed by atoms with Gasteiger partial charge in [0.1, 0.15) is 5.75 Å². The van der Waals surface area contributed by atoms with E-state index >= 15 is 0 Å². The summed E-state index contributed by atoms with van der Waals surface area (Å²) in [5, 5.41) is 3.18. The maximum absolute atomic E-state index is 13.1. The van der Waals surface area contributed by atoms with Crippen LogP contribution in [0.1, 0.15) is 46.8 Å². The largest absolute Gasteiger partial charge is 0.497 e. The van der Waals surface area contributed by atoms with Crippen LogP contribution in [-0.2, 0) is 0 Å². The standard InChI is InChI=1S/C27H36N4O3/c1-21-7-5-8-23(19-21)26(32)30-15-6-16-31(18-17-30)27(33)28-20-25(29-13-3-4-14-29)22-9-11-24(34-2)12-10-22/h5,7-12,19,25H,3-4,6,13-18,20H2,1-2H3,(H,28,33). The van der Waals surface area contributed by atoms with Crippen molar-refractivity contribution >= 4 is 11.9 Å². The topological polar surface area (TPSA) is 65.1 Å². The molecule has 1 N–H and O–H groups in total.